The lowest BCUT2D eigenvalue weighted by Gasteiger charge is -2.18. The molecule has 4 heterocycles. The van der Waals surface area contributed by atoms with E-state index in [2.05, 4.69) is 30.6 Å². The molecular weight excluding hydrogens is 421 g/mol. The van der Waals surface area contributed by atoms with E-state index in [0.29, 0.717) is 35.4 Å². The van der Waals surface area contributed by atoms with Crippen LogP contribution in [0.1, 0.15) is 47.4 Å². The molecule has 0 saturated carbocycles. The first kappa shape index (κ1) is 21.0. The summed E-state index contributed by atoms with van der Waals surface area (Å²) in [4.78, 5) is 43.5. The van der Waals surface area contributed by atoms with Gasteiger partial charge in [0.1, 0.15) is 10.5 Å². The number of rotatable bonds is 5. The van der Waals surface area contributed by atoms with Gasteiger partial charge in [-0.15, -0.1) is 11.3 Å². The molecule has 0 aromatic carbocycles. The lowest BCUT2D eigenvalue weighted by Crippen LogP contribution is -2.37. The number of thiazole rings is 1. The molecular formula is C20H22FN7O2S. The highest BCUT2D eigenvalue weighted by molar-refractivity contribution is 7.18. The number of pyridine rings is 1. The summed E-state index contributed by atoms with van der Waals surface area (Å²) in [6, 6.07) is 0.980. The molecule has 0 bridgehead atoms. The Hall–Kier alpha value is -3.21. The van der Waals surface area contributed by atoms with Crippen LogP contribution in [-0.4, -0.2) is 55.8 Å². The number of halogens is 1. The second-order valence-electron chi connectivity index (χ2n) is 7.52. The van der Waals surface area contributed by atoms with Gasteiger partial charge >= 0.3 is 0 Å². The Kier molecular flexibility index (Phi) is 5.77. The molecule has 31 heavy (non-hydrogen) atoms. The molecule has 162 valence electrons. The van der Waals surface area contributed by atoms with Gasteiger partial charge in [-0.1, -0.05) is 0 Å². The number of nitrogens with one attached hydrogen (secondary N) is 2. The molecule has 0 radical (unpaired) electrons. The highest BCUT2D eigenvalue weighted by Gasteiger charge is 2.30. The van der Waals surface area contributed by atoms with Gasteiger partial charge in [0.05, 0.1) is 17.2 Å². The van der Waals surface area contributed by atoms with Crippen LogP contribution in [-0.2, 0) is 4.79 Å². The second kappa shape index (κ2) is 8.50. The van der Waals surface area contributed by atoms with Crippen LogP contribution < -0.4 is 10.6 Å². The molecule has 2 amide bonds. The third-order valence-corrected chi connectivity index (χ3v) is 5.98. The topological polar surface area (TPSA) is 113 Å². The Morgan fingerprint density at radius 1 is 1.29 bits per heavy atom. The fourth-order valence-electron chi connectivity index (χ4n) is 3.58. The number of nitrogens with zero attached hydrogens (tertiary/aromatic N) is 5. The maximum atomic E-state index is 13.5. The molecule has 3 aromatic heterocycles. The van der Waals surface area contributed by atoms with Gasteiger partial charge in [0.25, 0.3) is 5.91 Å². The van der Waals surface area contributed by atoms with Crippen LogP contribution in [0.4, 0.5) is 10.3 Å². The van der Waals surface area contributed by atoms with Crippen LogP contribution in [0.25, 0.3) is 10.3 Å². The zero-order valence-electron chi connectivity index (χ0n) is 17.3. The van der Waals surface area contributed by atoms with Crippen molar-refractivity contribution < 1.29 is 14.0 Å². The second-order valence-corrected chi connectivity index (χ2v) is 8.72. The van der Waals surface area contributed by atoms with Gasteiger partial charge in [-0.05, 0) is 31.9 Å². The Labute approximate surface area is 182 Å². The largest absolute Gasteiger partial charge is 0.352 e. The Balaban J connectivity index is 1.62. The number of hydrogen-bond donors (Lipinski definition) is 2. The molecule has 0 spiro atoms. The summed E-state index contributed by atoms with van der Waals surface area (Å²) in [5.41, 5.74) is 1.33. The number of fused-ring (bicyclic) bond motifs is 1. The van der Waals surface area contributed by atoms with Crippen molar-refractivity contribution in [2.75, 3.05) is 18.4 Å². The van der Waals surface area contributed by atoms with Crippen LogP contribution in [0.3, 0.4) is 0 Å². The van der Waals surface area contributed by atoms with Gasteiger partial charge in [0.15, 0.2) is 11.3 Å². The molecule has 1 fully saturated rings. The maximum Gasteiger partial charge on any atom is 0.274 e. The van der Waals surface area contributed by atoms with Crippen molar-refractivity contribution >= 4 is 39.4 Å². The van der Waals surface area contributed by atoms with Crippen molar-refractivity contribution in [3.63, 3.8) is 0 Å². The SMILES string of the molecule is CC(=O)N[C@@H]1CCN(C(=O)c2nc(NC(C)c3cncc(F)c3)nc3nc(C)sc23)C1. The number of anilines is 1. The summed E-state index contributed by atoms with van der Waals surface area (Å²) in [7, 11) is 0. The van der Waals surface area contributed by atoms with Gasteiger partial charge in [-0.25, -0.2) is 14.4 Å². The highest BCUT2D eigenvalue weighted by Crippen LogP contribution is 2.27. The van der Waals surface area contributed by atoms with Crippen molar-refractivity contribution in [3.8, 4) is 0 Å². The van der Waals surface area contributed by atoms with E-state index >= 15 is 0 Å². The maximum absolute atomic E-state index is 13.5. The van der Waals surface area contributed by atoms with Gasteiger partial charge in [-0.2, -0.15) is 4.98 Å². The van der Waals surface area contributed by atoms with E-state index < -0.39 is 5.82 Å². The average molecular weight is 444 g/mol. The van der Waals surface area contributed by atoms with E-state index in [1.54, 1.807) is 11.1 Å². The molecule has 1 aliphatic heterocycles. The smallest absolute Gasteiger partial charge is 0.274 e. The average Bonchev–Trinajstić information content (AvgIpc) is 3.32. The predicted molar refractivity (Wildman–Crippen MR) is 114 cm³/mol. The molecule has 4 rings (SSSR count). The van der Waals surface area contributed by atoms with Crippen LogP contribution in [0.2, 0.25) is 0 Å². The van der Waals surface area contributed by atoms with E-state index in [9.17, 15) is 14.0 Å². The minimum atomic E-state index is -0.434. The zero-order valence-corrected chi connectivity index (χ0v) is 18.2. The lowest BCUT2D eigenvalue weighted by atomic mass is 10.1. The fraction of sp³-hybridized carbons (Fsp3) is 0.400. The standard InChI is InChI=1S/C20H22FN7O2S/c1-10(13-6-14(21)8-22-7-13)23-20-26-16(17-18(27-20)25-12(3)31-17)19(30)28-5-4-15(9-28)24-11(2)29/h6-8,10,15H,4-5,9H2,1-3H3,(H,24,29)(H,23,26,27)/t10?,15-/m1/s1. The zero-order chi connectivity index (χ0) is 22.1. The van der Waals surface area contributed by atoms with Crippen LogP contribution in [0, 0.1) is 12.7 Å². The number of carbonyl (C=O) groups excluding carboxylic acids is 2. The van der Waals surface area contributed by atoms with Crippen molar-refractivity contribution in [1.82, 2.24) is 30.2 Å². The highest BCUT2D eigenvalue weighted by atomic mass is 32.1. The summed E-state index contributed by atoms with van der Waals surface area (Å²) in [6.07, 6.45) is 3.39. The molecule has 1 unspecified atom stereocenters. The molecule has 1 saturated heterocycles. The molecule has 1 aliphatic rings. The third-order valence-electron chi connectivity index (χ3n) is 5.02. The molecule has 2 N–H and O–H groups in total. The van der Waals surface area contributed by atoms with Gasteiger partial charge in [0.2, 0.25) is 11.9 Å². The molecule has 2 atom stereocenters. The molecule has 0 aliphatic carbocycles. The van der Waals surface area contributed by atoms with Gasteiger partial charge in [0, 0.05) is 32.3 Å². The Morgan fingerprint density at radius 3 is 2.84 bits per heavy atom. The van der Waals surface area contributed by atoms with E-state index in [4.69, 9.17) is 0 Å². The fourth-order valence-corrected chi connectivity index (χ4v) is 4.42. The summed E-state index contributed by atoms with van der Waals surface area (Å²) < 4.78 is 14.1. The quantitative estimate of drug-likeness (QED) is 0.623. The lowest BCUT2D eigenvalue weighted by molar-refractivity contribution is -0.119. The van der Waals surface area contributed by atoms with E-state index in [-0.39, 0.29) is 35.5 Å². The number of hydrogen-bond acceptors (Lipinski definition) is 8. The van der Waals surface area contributed by atoms with Crippen LogP contribution >= 0.6 is 11.3 Å². The monoisotopic (exact) mass is 443 g/mol. The minimum absolute atomic E-state index is 0.0694. The number of aromatic nitrogens is 4. The number of aryl methyl sites for hydroxylation is 1. The first-order valence-electron chi connectivity index (χ1n) is 9.88. The number of carbonyl (C=O) groups is 2. The summed E-state index contributed by atoms with van der Waals surface area (Å²) >= 11 is 1.36. The van der Waals surface area contributed by atoms with Crippen molar-refractivity contribution in [1.29, 1.82) is 0 Å². The van der Waals surface area contributed by atoms with Crippen molar-refractivity contribution in [3.05, 3.63) is 40.5 Å². The summed E-state index contributed by atoms with van der Waals surface area (Å²) in [5, 5.41) is 6.74. The number of amides is 2. The van der Waals surface area contributed by atoms with Gasteiger partial charge in [-0.3, -0.25) is 14.6 Å². The molecule has 3 aromatic rings. The van der Waals surface area contributed by atoms with Gasteiger partial charge < -0.3 is 15.5 Å². The van der Waals surface area contributed by atoms with E-state index in [1.807, 2.05) is 13.8 Å². The first-order chi connectivity index (χ1) is 14.8. The Morgan fingerprint density at radius 2 is 2.10 bits per heavy atom. The summed E-state index contributed by atoms with van der Waals surface area (Å²) in [6.45, 7) is 6.09. The number of likely N-dealkylation sites (tertiary alicyclic amines) is 1. The molecule has 11 heteroatoms. The molecule has 9 nitrogen and oxygen atoms in total. The first-order valence-corrected chi connectivity index (χ1v) is 10.7. The minimum Gasteiger partial charge on any atom is -0.352 e. The van der Waals surface area contributed by atoms with Crippen molar-refractivity contribution in [2.45, 2.75) is 39.3 Å². The third kappa shape index (κ3) is 4.61. The van der Waals surface area contributed by atoms with Crippen LogP contribution in [0.5, 0.6) is 0 Å². The van der Waals surface area contributed by atoms with E-state index in [1.165, 1.54) is 24.3 Å². The normalized spacial score (nSPS) is 17.0. The van der Waals surface area contributed by atoms with Crippen LogP contribution in [0.15, 0.2) is 18.5 Å². The van der Waals surface area contributed by atoms with E-state index in [0.717, 1.165) is 11.2 Å². The predicted octanol–water partition coefficient (Wildman–Crippen LogP) is 2.45. The van der Waals surface area contributed by atoms with Crippen molar-refractivity contribution in [2.24, 2.45) is 0 Å². The summed E-state index contributed by atoms with van der Waals surface area (Å²) in [5.74, 6) is -0.548. The Bertz CT molecular complexity index is 1150.